The molecule has 4 rings (SSSR count). The Balaban J connectivity index is 1.70. The molecule has 158 valence electrons. The molecule has 0 spiro atoms. The van der Waals surface area contributed by atoms with E-state index in [4.69, 9.17) is 10.1 Å². The summed E-state index contributed by atoms with van der Waals surface area (Å²) < 4.78 is 50.4. The first-order valence-corrected chi connectivity index (χ1v) is 12.4. The number of hydrogen-bond donors (Lipinski definition) is 1. The molecular formula is C22H16F2N2O2S3. The molecule has 4 nitrogen and oxygen atoms in total. The van der Waals surface area contributed by atoms with E-state index in [1.54, 1.807) is 36.4 Å². The van der Waals surface area contributed by atoms with Gasteiger partial charge in [0.05, 0.1) is 15.5 Å². The summed E-state index contributed by atoms with van der Waals surface area (Å²) in [6, 6.07) is 18.6. The molecule has 0 unspecified atom stereocenters. The number of rotatable bonds is 6. The zero-order valence-corrected chi connectivity index (χ0v) is 18.4. The quantitative estimate of drug-likeness (QED) is 0.364. The topological polar surface area (TPSA) is 73.1 Å². The third kappa shape index (κ3) is 5.19. The highest BCUT2D eigenvalue weighted by Gasteiger charge is 2.17. The smallest absolute Gasteiger partial charge is 0.229 e. The Morgan fingerprint density at radius 1 is 0.839 bits per heavy atom. The van der Waals surface area contributed by atoms with Gasteiger partial charge in [-0.25, -0.2) is 27.3 Å². The van der Waals surface area contributed by atoms with Crippen LogP contribution in [0.1, 0.15) is 5.56 Å². The SMILES string of the molecule is NS(=O)(=O)c1ccc(-c2nc(SCc3ccc(F)cc3)sc2-c2ccc(F)cc2)cc1. The van der Waals surface area contributed by atoms with Gasteiger partial charge < -0.3 is 0 Å². The van der Waals surface area contributed by atoms with Gasteiger partial charge >= 0.3 is 0 Å². The van der Waals surface area contributed by atoms with E-state index in [2.05, 4.69) is 0 Å². The minimum absolute atomic E-state index is 0.0146. The first-order chi connectivity index (χ1) is 14.8. The molecular weight excluding hydrogens is 458 g/mol. The Morgan fingerprint density at radius 3 is 1.97 bits per heavy atom. The number of benzene rings is 3. The van der Waals surface area contributed by atoms with Gasteiger partial charge in [0.2, 0.25) is 10.0 Å². The Kier molecular flexibility index (Phi) is 6.19. The molecule has 1 aromatic heterocycles. The minimum atomic E-state index is -3.80. The van der Waals surface area contributed by atoms with Crippen LogP contribution in [0.25, 0.3) is 21.7 Å². The molecule has 0 atom stereocenters. The van der Waals surface area contributed by atoms with Crippen LogP contribution in [0.5, 0.6) is 0 Å². The van der Waals surface area contributed by atoms with Gasteiger partial charge in [0.15, 0.2) is 4.34 Å². The molecule has 0 aliphatic carbocycles. The molecule has 0 saturated carbocycles. The number of primary sulfonamides is 1. The maximum Gasteiger partial charge on any atom is 0.238 e. The van der Waals surface area contributed by atoms with Gasteiger partial charge in [-0.2, -0.15) is 0 Å². The lowest BCUT2D eigenvalue weighted by Gasteiger charge is -2.04. The molecule has 9 heteroatoms. The van der Waals surface area contributed by atoms with Crippen LogP contribution in [0, 0.1) is 11.6 Å². The van der Waals surface area contributed by atoms with Gasteiger partial charge in [-0.3, -0.25) is 0 Å². The highest BCUT2D eigenvalue weighted by Crippen LogP contribution is 2.41. The van der Waals surface area contributed by atoms with Crippen LogP contribution in [0.3, 0.4) is 0 Å². The summed E-state index contributed by atoms with van der Waals surface area (Å²) in [5, 5.41) is 5.19. The molecule has 2 N–H and O–H groups in total. The van der Waals surface area contributed by atoms with Gasteiger partial charge in [0.25, 0.3) is 0 Å². The van der Waals surface area contributed by atoms with Gasteiger partial charge in [0.1, 0.15) is 11.6 Å². The second kappa shape index (κ2) is 8.88. The monoisotopic (exact) mass is 474 g/mol. The van der Waals surface area contributed by atoms with Crippen molar-refractivity contribution < 1.29 is 17.2 Å². The predicted molar refractivity (Wildman–Crippen MR) is 120 cm³/mol. The number of nitrogens with two attached hydrogens (primary N) is 1. The first-order valence-electron chi connectivity index (χ1n) is 9.07. The standard InChI is InChI=1S/C22H16F2N2O2S3/c23-17-7-1-14(2-8-17)13-29-22-26-20(15-5-11-19(12-6-15)31(25,27)28)21(30-22)16-3-9-18(24)10-4-16/h1-12H,13H2,(H2,25,27,28). The van der Waals surface area contributed by atoms with Crippen molar-refractivity contribution in [3.05, 3.63) is 90.0 Å². The fourth-order valence-electron chi connectivity index (χ4n) is 2.88. The molecule has 0 amide bonds. The number of aromatic nitrogens is 1. The summed E-state index contributed by atoms with van der Waals surface area (Å²) in [7, 11) is -3.80. The largest absolute Gasteiger partial charge is 0.238 e. The Hall–Kier alpha value is -2.59. The van der Waals surface area contributed by atoms with E-state index in [9.17, 15) is 17.2 Å². The van der Waals surface area contributed by atoms with Crippen molar-refractivity contribution in [2.24, 2.45) is 5.14 Å². The minimum Gasteiger partial charge on any atom is -0.229 e. The van der Waals surface area contributed by atoms with Crippen molar-refractivity contribution in [3.63, 3.8) is 0 Å². The first kappa shape index (κ1) is 21.6. The van der Waals surface area contributed by atoms with Crippen LogP contribution in [-0.4, -0.2) is 13.4 Å². The van der Waals surface area contributed by atoms with Crippen molar-refractivity contribution >= 4 is 33.1 Å². The summed E-state index contributed by atoms with van der Waals surface area (Å²) in [6.45, 7) is 0. The predicted octanol–water partition coefficient (Wildman–Crippen LogP) is 5.70. The Bertz CT molecular complexity index is 1300. The van der Waals surface area contributed by atoms with Crippen LogP contribution in [0.2, 0.25) is 0 Å². The van der Waals surface area contributed by atoms with E-state index in [1.807, 2.05) is 0 Å². The third-order valence-electron chi connectivity index (χ3n) is 4.45. The number of hydrogen-bond acceptors (Lipinski definition) is 5. The Morgan fingerprint density at radius 2 is 1.39 bits per heavy atom. The number of thioether (sulfide) groups is 1. The summed E-state index contributed by atoms with van der Waals surface area (Å²) in [6.07, 6.45) is 0. The van der Waals surface area contributed by atoms with Crippen LogP contribution >= 0.6 is 23.1 Å². The second-order valence-corrected chi connectivity index (χ2v) is 10.4. The van der Waals surface area contributed by atoms with Crippen molar-refractivity contribution in [3.8, 4) is 21.7 Å². The van der Waals surface area contributed by atoms with E-state index in [-0.39, 0.29) is 16.5 Å². The summed E-state index contributed by atoms with van der Waals surface area (Å²) in [4.78, 5) is 5.59. The van der Waals surface area contributed by atoms with Crippen molar-refractivity contribution in [2.45, 2.75) is 15.0 Å². The number of sulfonamides is 1. The molecule has 0 aliphatic rings. The summed E-state index contributed by atoms with van der Waals surface area (Å²) >= 11 is 2.97. The zero-order chi connectivity index (χ0) is 22.0. The highest BCUT2D eigenvalue weighted by molar-refractivity contribution is 8.00. The molecule has 4 aromatic rings. The molecule has 3 aromatic carbocycles. The fraction of sp³-hybridized carbons (Fsp3) is 0.0455. The molecule has 0 bridgehead atoms. The van der Waals surface area contributed by atoms with Gasteiger partial charge in [-0.1, -0.05) is 48.2 Å². The molecule has 0 radical (unpaired) electrons. The van der Waals surface area contributed by atoms with E-state index in [0.717, 1.165) is 25.9 Å². The lowest BCUT2D eigenvalue weighted by Crippen LogP contribution is -2.11. The lowest BCUT2D eigenvalue weighted by molar-refractivity contribution is 0.598. The number of nitrogens with zero attached hydrogens (tertiary/aromatic N) is 1. The van der Waals surface area contributed by atoms with Crippen molar-refractivity contribution in [1.82, 2.24) is 4.98 Å². The van der Waals surface area contributed by atoms with Crippen LogP contribution in [0.4, 0.5) is 8.78 Å². The molecule has 0 fully saturated rings. The van der Waals surface area contributed by atoms with E-state index in [1.165, 1.54) is 59.5 Å². The van der Waals surface area contributed by atoms with Crippen molar-refractivity contribution in [1.29, 1.82) is 0 Å². The van der Waals surface area contributed by atoms with E-state index in [0.29, 0.717) is 11.4 Å². The maximum absolute atomic E-state index is 13.4. The van der Waals surface area contributed by atoms with Gasteiger partial charge in [-0.05, 0) is 47.5 Å². The van der Waals surface area contributed by atoms with Crippen LogP contribution < -0.4 is 5.14 Å². The average molecular weight is 475 g/mol. The molecule has 31 heavy (non-hydrogen) atoms. The highest BCUT2D eigenvalue weighted by atomic mass is 32.2. The molecule has 0 saturated heterocycles. The van der Waals surface area contributed by atoms with Crippen molar-refractivity contribution in [2.75, 3.05) is 0 Å². The molecule has 0 aliphatic heterocycles. The van der Waals surface area contributed by atoms with E-state index >= 15 is 0 Å². The van der Waals surface area contributed by atoms with Crippen LogP contribution in [0.15, 0.2) is 82.0 Å². The van der Waals surface area contributed by atoms with Gasteiger partial charge in [-0.15, -0.1) is 11.3 Å². The normalized spacial score (nSPS) is 11.6. The fourth-order valence-corrected chi connectivity index (χ4v) is 5.53. The number of halogens is 2. The second-order valence-electron chi connectivity index (χ2n) is 6.65. The van der Waals surface area contributed by atoms with Gasteiger partial charge in [0, 0.05) is 11.3 Å². The maximum atomic E-state index is 13.4. The lowest BCUT2D eigenvalue weighted by atomic mass is 10.1. The summed E-state index contributed by atoms with van der Waals surface area (Å²) in [5.74, 6) is -0.00877. The summed E-state index contributed by atoms with van der Waals surface area (Å²) in [5.41, 5.74) is 3.15. The number of thiazole rings is 1. The average Bonchev–Trinajstić information content (AvgIpc) is 3.18. The van der Waals surface area contributed by atoms with E-state index < -0.39 is 10.0 Å². The Labute approximate surface area is 186 Å². The molecule has 1 heterocycles. The zero-order valence-electron chi connectivity index (χ0n) is 16.0. The van der Waals surface area contributed by atoms with Crippen LogP contribution in [-0.2, 0) is 15.8 Å². The third-order valence-corrected chi connectivity index (χ3v) is 7.69.